The number of esters is 2. The molecule has 0 bridgehead atoms. The van der Waals surface area contributed by atoms with Crippen LogP contribution in [-0.2, 0) is 19.1 Å². The lowest BCUT2D eigenvalue weighted by Gasteiger charge is -2.29. The largest absolute Gasteiger partial charge is 0.497 e. The topological polar surface area (TPSA) is 74.3 Å². The van der Waals surface area contributed by atoms with E-state index in [1.165, 1.54) is 21.3 Å². The van der Waals surface area contributed by atoms with Gasteiger partial charge in [0.05, 0.1) is 45.5 Å². The van der Waals surface area contributed by atoms with Gasteiger partial charge in [-0.3, -0.25) is 0 Å². The lowest BCUT2D eigenvalue weighted by Crippen LogP contribution is -2.27. The first-order valence-electron chi connectivity index (χ1n) is 7.50. The summed E-state index contributed by atoms with van der Waals surface area (Å²) in [5.41, 5.74) is 1.23. The zero-order valence-electron chi connectivity index (χ0n) is 14.9. The standard InChI is InChI=1S/C18H21NO6/c1-19-9-13(17(20)24-4)16(14(10-19)18(21)25-5)12-7-6-11(22-2)8-15(12)23-3/h6-10,16H,1-5H3. The smallest absolute Gasteiger partial charge is 0.336 e. The van der Waals surface area contributed by atoms with Crippen molar-refractivity contribution in [3.8, 4) is 11.5 Å². The predicted octanol–water partition coefficient (Wildman–Crippen LogP) is 1.85. The minimum absolute atomic E-state index is 0.302. The molecule has 0 saturated heterocycles. The molecule has 134 valence electrons. The third-order valence-corrected chi connectivity index (χ3v) is 3.90. The third-order valence-electron chi connectivity index (χ3n) is 3.90. The molecule has 0 fully saturated rings. The van der Waals surface area contributed by atoms with Crippen molar-refractivity contribution in [2.75, 3.05) is 35.5 Å². The van der Waals surface area contributed by atoms with Crippen LogP contribution in [-0.4, -0.2) is 52.3 Å². The highest BCUT2D eigenvalue weighted by Gasteiger charge is 2.36. The molecule has 0 radical (unpaired) electrons. The summed E-state index contributed by atoms with van der Waals surface area (Å²) in [5.74, 6) is -0.676. The van der Waals surface area contributed by atoms with Gasteiger partial charge in [-0.15, -0.1) is 0 Å². The maximum absolute atomic E-state index is 12.3. The second kappa shape index (κ2) is 7.74. The molecule has 1 aromatic carbocycles. The lowest BCUT2D eigenvalue weighted by atomic mass is 9.83. The molecule has 25 heavy (non-hydrogen) atoms. The van der Waals surface area contributed by atoms with E-state index in [1.807, 2.05) is 0 Å². The van der Waals surface area contributed by atoms with Crippen molar-refractivity contribution < 1.29 is 28.5 Å². The van der Waals surface area contributed by atoms with Gasteiger partial charge in [-0.25, -0.2) is 9.59 Å². The van der Waals surface area contributed by atoms with Crippen LogP contribution in [0.2, 0.25) is 0 Å². The minimum Gasteiger partial charge on any atom is -0.497 e. The molecule has 1 aliphatic heterocycles. The van der Waals surface area contributed by atoms with E-state index in [4.69, 9.17) is 18.9 Å². The van der Waals surface area contributed by atoms with E-state index in [1.54, 1.807) is 49.7 Å². The maximum atomic E-state index is 12.3. The average Bonchev–Trinajstić information content (AvgIpc) is 2.65. The Kier molecular flexibility index (Phi) is 5.69. The molecule has 0 aromatic heterocycles. The lowest BCUT2D eigenvalue weighted by molar-refractivity contribution is -0.137. The van der Waals surface area contributed by atoms with Crippen molar-refractivity contribution in [3.05, 3.63) is 47.3 Å². The Morgan fingerprint density at radius 1 is 0.920 bits per heavy atom. The predicted molar refractivity (Wildman–Crippen MR) is 90.2 cm³/mol. The number of nitrogens with zero attached hydrogens (tertiary/aromatic N) is 1. The molecule has 0 saturated carbocycles. The molecule has 1 heterocycles. The number of ether oxygens (including phenoxy) is 4. The number of benzene rings is 1. The Morgan fingerprint density at radius 3 is 1.92 bits per heavy atom. The van der Waals surface area contributed by atoms with Crippen LogP contribution in [0.1, 0.15) is 11.5 Å². The van der Waals surface area contributed by atoms with E-state index in [0.717, 1.165) is 0 Å². The van der Waals surface area contributed by atoms with E-state index in [2.05, 4.69) is 0 Å². The van der Waals surface area contributed by atoms with Gasteiger partial charge in [-0.05, 0) is 6.07 Å². The van der Waals surface area contributed by atoms with Crippen LogP contribution in [0.4, 0.5) is 0 Å². The van der Waals surface area contributed by atoms with Crippen LogP contribution in [0.25, 0.3) is 0 Å². The summed E-state index contributed by atoms with van der Waals surface area (Å²) in [4.78, 5) is 26.2. The number of rotatable bonds is 5. The van der Waals surface area contributed by atoms with Crippen molar-refractivity contribution >= 4 is 11.9 Å². The fourth-order valence-electron chi connectivity index (χ4n) is 2.76. The first-order valence-corrected chi connectivity index (χ1v) is 7.50. The van der Waals surface area contributed by atoms with Crippen LogP contribution >= 0.6 is 0 Å². The Hall–Kier alpha value is -2.96. The van der Waals surface area contributed by atoms with Gasteiger partial charge < -0.3 is 23.8 Å². The molecule has 1 aliphatic rings. The molecule has 0 atom stereocenters. The minimum atomic E-state index is -0.683. The van der Waals surface area contributed by atoms with E-state index in [0.29, 0.717) is 28.2 Å². The maximum Gasteiger partial charge on any atom is 0.336 e. The molecule has 0 spiro atoms. The van der Waals surface area contributed by atoms with E-state index in [9.17, 15) is 9.59 Å². The Bertz CT molecular complexity index is 703. The molecule has 0 amide bonds. The summed E-state index contributed by atoms with van der Waals surface area (Å²) in [6.07, 6.45) is 3.24. The van der Waals surface area contributed by atoms with Crippen molar-refractivity contribution in [1.29, 1.82) is 0 Å². The van der Waals surface area contributed by atoms with E-state index in [-0.39, 0.29) is 0 Å². The van der Waals surface area contributed by atoms with Gasteiger partial charge in [0.1, 0.15) is 11.5 Å². The van der Waals surface area contributed by atoms with Crippen LogP contribution in [0.15, 0.2) is 41.7 Å². The molecular formula is C18H21NO6. The molecule has 7 heteroatoms. The van der Waals surface area contributed by atoms with Gasteiger partial charge in [0, 0.05) is 31.1 Å². The molecular weight excluding hydrogens is 326 g/mol. The summed E-state index contributed by atoms with van der Waals surface area (Å²) in [7, 11) is 7.36. The highest BCUT2D eigenvalue weighted by molar-refractivity contribution is 5.98. The van der Waals surface area contributed by atoms with E-state index >= 15 is 0 Å². The SMILES string of the molecule is COC(=O)C1=CN(C)C=C(C(=O)OC)C1c1ccc(OC)cc1OC. The summed E-state index contributed by atoms with van der Waals surface area (Å²) in [6.45, 7) is 0. The quantitative estimate of drug-likeness (QED) is 0.753. The number of methoxy groups -OCH3 is 4. The summed E-state index contributed by atoms with van der Waals surface area (Å²) in [5, 5.41) is 0. The zero-order chi connectivity index (χ0) is 18.6. The number of hydrogen-bond donors (Lipinski definition) is 0. The second-order valence-electron chi connectivity index (χ2n) is 5.36. The number of carbonyl (C=O) groups is 2. The summed E-state index contributed by atoms with van der Waals surface area (Å²) < 4.78 is 20.4. The Morgan fingerprint density at radius 2 is 1.48 bits per heavy atom. The highest BCUT2D eigenvalue weighted by Crippen LogP contribution is 2.41. The normalized spacial score (nSPS) is 14.4. The van der Waals surface area contributed by atoms with Crippen LogP contribution in [0.3, 0.4) is 0 Å². The van der Waals surface area contributed by atoms with Gasteiger partial charge in [0.25, 0.3) is 0 Å². The average molecular weight is 347 g/mol. The van der Waals surface area contributed by atoms with Gasteiger partial charge in [0.15, 0.2) is 0 Å². The fourth-order valence-corrected chi connectivity index (χ4v) is 2.76. The van der Waals surface area contributed by atoms with Gasteiger partial charge in [-0.2, -0.15) is 0 Å². The summed E-state index contributed by atoms with van der Waals surface area (Å²) >= 11 is 0. The van der Waals surface area contributed by atoms with Crippen LogP contribution in [0.5, 0.6) is 11.5 Å². The zero-order valence-corrected chi connectivity index (χ0v) is 14.9. The first-order chi connectivity index (χ1) is 12.0. The van der Waals surface area contributed by atoms with Crippen LogP contribution < -0.4 is 9.47 Å². The number of hydrogen-bond acceptors (Lipinski definition) is 7. The van der Waals surface area contributed by atoms with Crippen molar-refractivity contribution in [3.63, 3.8) is 0 Å². The Labute approximate surface area is 146 Å². The highest BCUT2D eigenvalue weighted by atomic mass is 16.5. The van der Waals surface area contributed by atoms with Gasteiger partial charge >= 0.3 is 11.9 Å². The van der Waals surface area contributed by atoms with E-state index < -0.39 is 17.9 Å². The van der Waals surface area contributed by atoms with Gasteiger partial charge in [-0.1, -0.05) is 6.07 Å². The fraction of sp³-hybridized carbons (Fsp3) is 0.333. The summed E-state index contributed by atoms with van der Waals surface area (Å²) in [6, 6.07) is 5.18. The monoisotopic (exact) mass is 347 g/mol. The molecule has 0 unspecified atom stereocenters. The molecule has 0 aliphatic carbocycles. The Balaban J connectivity index is 2.66. The van der Waals surface area contributed by atoms with Crippen molar-refractivity contribution in [2.24, 2.45) is 0 Å². The van der Waals surface area contributed by atoms with Crippen molar-refractivity contribution in [1.82, 2.24) is 4.90 Å². The first kappa shape index (κ1) is 18.4. The molecule has 2 rings (SSSR count). The van der Waals surface area contributed by atoms with Crippen LogP contribution in [0, 0.1) is 0 Å². The molecule has 7 nitrogen and oxygen atoms in total. The molecule has 0 N–H and O–H groups in total. The number of carbonyl (C=O) groups excluding carboxylic acids is 2. The van der Waals surface area contributed by atoms with Gasteiger partial charge in [0.2, 0.25) is 0 Å². The van der Waals surface area contributed by atoms with Crippen molar-refractivity contribution in [2.45, 2.75) is 5.92 Å². The molecule has 1 aromatic rings. The third kappa shape index (κ3) is 3.60. The second-order valence-corrected chi connectivity index (χ2v) is 5.36.